The van der Waals surface area contributed by atoms with Gasteiger partial charge in [-0.25, -0.2) is 4.39 Å². The predicted molar refractivity (Wildman–Crippen MR) is 94.6 cm³/mol. The summed E-state index contributed by atoms with van der Waals surface area (Å²) in [6, 6.07) is 9.26. The first-order chi connectivity index (χ1) is 12.5. The first kappa shape index (κ1) is 19.5. The zero-order valence-corrected chi connectivity index (χ0v) is 15.2. The highest BCUT2D eigenvalue weighted by atomic mass is 19.1. The highest BCUT2D eigenvalue weighted by Gasteiger charge is 2.21. The molecule has 0 fully saturated rings. The van der Waals surface area contributed by atoms with E-state index in [0.717, 1.165) is 0 Å². The van der Waals surface area contributed by atoms with Gasteiger partial charge in [0.05, 0.1) is 33.0 Å². The van der Waals surface area contributed by atoms with Gasteiger partial charge in [-0.3, -0.25) is 4.79 Å². The Hall–Kier alpha value is -2.80. The average Bonchev–Trinajstić information content (AvgIpc) is 2.66. The van der Waals surface area contributed by atoms with Gasteiger partial charge in [-0.1, -0.05) is 12.1 Å². The van der Waals surface area contributed by atoms with Crippen LogP contribution in [0.3, 0.4) is 0 Å². The van der Waals surface area contributed by atoms with Gasteiger partial charge in [0.15, 0.2) is 11.5 Å². The Morgan fingerprint density at radius 2 is 1.77 bits per heavy atom. The number of ether oxygens (including phenoxy) is 4. The summed E-state index contributed by atoms with van der Waals surface area (Å²) in [5.41, 5.74) is 0.923. The van der Waals surface area contributed by atoms with Crippen LogP contribution in [0.1, 0.15) is 22.0 Å². The largest absolute Gasteiger partial charge is 0.493 e. The number of rotatable bonds is 8. The number of nitrogens with one attached hydrogen (secondary N) is 1. The quantitative estimate of drug-likeness (QED) is 0.781. The van der Waals surface area contributed by atoms with E-state index < -0.39 is 6.10 Å². The third kappa shape index (κ3) is 4.23. The predicted octanol–water partition coefficient (Wildman–Crippen LogP) is 2.97. The molecule has 26 heavy (non-hydrogen) atoms. The summed E-state index contributed by atoms with van der Waals surface area (Å²) in [4.78, 5) is 12.6. The maximum atomic E-state index is 13.4. The molecule has 0 aliphatic heterocycles. The smallest absolute Gasteiger partial charge is 0.255 e. The molecule has 1 N–H and O–H groups in total. The molecule has 0 saturated carbocycles. The van der Waals surface area contributed by atoms with Crippen LogP contribution in [0, 0.1) is 5.82 Å². The van der Waals surface area contributed by atoms with Crippen molar-refractivity contribution in [2.24, 2.45) is 0 Å². The minimum Gasteiger partial charge on any atom is -0.493 e. The van der Waals surface area contributed by atoms with E-state index in [2.05, 4.69) is 5.32 Å². The Morgan fingerprint density at radius 3 is 2.35 bits per heavy atom. The van der Waals surface area contributed by atoms with E-state index in [1.54, 1.807) is 24.3 Å². The molecule has 7 heteroatoms. The third-order valence-electron chi connectivity index (χ3n) is 3.90. The minimum absolute atomic E-state index is 0.163. The van der Waals surface area contributed by atoms with E-state index in [4.69, 9.17) is 18.9 Å². The summed E-state index contributed by atoms with van der Waals surface area (Å²) in [5.74, 6) is 0.314. The molecule has 0 spiro atoms. The van der Waals surface area contributed by atoms with E-state index in [1.165, 1.54) is 40.6 Å². The lowest BCUT2D eigenvalue weighted by molar-refractivity contribution is 0.0824. The number of carbonyl (C=O) groups excluding carboxylic acids is 1. The molecular formula is C19H22FNO5. The molecule has 2 aromatic rings. The first-order valence-electron chi connectivity index (χ1n) is 7.91. The Bertz CT molecular complexity index is 766. The van der Waals surface area contributed by atoms with E-state index in [9.17, 15) is 9.18 Å². The summed E-state index contributed by atoms with van der Waals surface area (Å²) < 4.78 is 34.6. The number of benzene rings is 2. The maximum absolute atomic E-state index is 13.4. The van der Waals surface area contributed by atoms with Gasteiger partial charge in [0.1, 0.15) is 5.82 Å². The lowest BCUT2D eigenvalue weighted by Gasteiger charge is -2.18. The second kappa shape index (κ2) is 9.05. The molecule has 1 unspecified atom stereocenters. The van der Waals surface area contributed by atoms with Gasteiger partial charge in [0.2, 0.25) is 5.75 Å². The average molecular weight is 363 g/mol. The lowest BCUT2D eigenvalue weighted by atomic mass is 10.1. The molecule has 0 aromatic heterocycles. The Labute approximate surface area is 151 Å². The molecule has 0 saturated heterocycles. The van der Waals surface area contributed by atoms with Crippen molar-refractivity contribution in [3.8, 4) is 17.2 Å². The minimum atomic E-state index is -0.485. The van der Waals surface area contributed by atoms with Crippen molar-refractivity contribution in [1.29, 1.82) is 0 Å². The van der Waals surface area contributed by atoms with Crippen molar-refractivity contribution in [3.05, 3.63) is 53.3 Å². The molecule has 0 radical (unpaired) electrons. The van der Waals surface area contributed by atoms with Crippen LogP contribution in [0.4, 0.5) is 4.39 Å². The van der Waals surface area contributed by atoms with Crippen LogP contribution in [0.2, 0.25) is 0 Å². The Morgan fingerprint density at radius 1 is 1.04 bits per heavy atom. The molecular weight excluding hydrogens is 341 g/mol. The maximum Gasteiger partial charge on any atom is 0.255 e. The SMILES string of the molecule is COc1ccc(C(=O)NCC(OC)c2cccc(F)c2)c(OC)c1OC. The number of hydrogen-bond acceptors (Lipinski definition) is 5. The molecule has 0 aliphatic rings. The van der Waals surface area contributed by atoms with Gasteiger partial charge < -0.3 is 24.3 Å². The Balaban J connectivity index is 2.19. The molecule has 2 aromatic carbocycles. The van der Waals surface area contributed by atoms with Crippen molar-refractivity contribution in [2.75, 3.05) is 35.0 Å². The summed E-state index contributed by atoms with van der Waals surface area (Å²) >= 11 is 0. The van der Waals surface area contributed by atoms with Crippen LogP contribution in [0.15, 0.2) is 36.4 Å². The zero-order valence-electron chi connectivity index (χ0n) is 15.2. The monoisotopic (exact) mass is 363 g/mol. The molecule has 0 aliphatic carbocycles. The molecule has 0 bridgehead atoms. The fourth-order valence-electron chi connectivity index (χ4n) is 2.60. The number of hydrogen-bond donors (Lipinski definition) is 1. The molecule has 1 atom stereocenters. The zero-order chi connectivity index (χ0) is 19.1. The van der Waals surface area contributed by atoms with Gasteiger partial charge in [-0.2, -0.15) is 0 Å². The molecule has 2 rings (SSSR count). The normalized spacial score (nSPS) is 11.6. The van der Waals surface area contributed by atoms with Crippen molar-refractivity contribution in [2.45, 2.75) is 6.10 Å². The van der Waals surface area contributed by atoms with Crippen LogP contribution in [0.5, 0.6) is 17.2 Å². The summed E-state index contributed by atoms with van der Waals surface area (Å²) in [5, 5.41) is 2.77. The van der Waals surface area contributed by atoms with Gasteiger partial charge in [0.25, 0.3) is 5.91 Å². The second-order valence-corrected chi connectivity index (χ2v) is 5.37. The van der Waals surface area contributed by atoms with Crippen molar-refractivity contribution < 1.29 is 28.1 Å². The highest BCUT2D eigenvalue weighted by Crippen LogP contribution is 2.39. The van der Waals surface area contributed by atoms with Gasteiger partial charge in [-0.15, -0.1) is 0 Å². The number of amides is 1. The van der Waals surface area contributed by atoms with E-state index >= 15 is 0 Å². The topological polar surface area (TPSA) is 66.0 Å². The number of methoxy groups -OCH3 is 4. The first-order valence-corrected chi connectivity index (χ1v) is 7.91. The third-order valence-corrected chi connectivity index (χ3v) is 3.90. The second-order valence-electron chi connectivity index (χ2n) is 5.37. The molecule has 0 heterocycles. The molecule has 6 nitrogen and oxygen atoms in total. The molecule has 1 amide bonds. The van der Waals surface area contributed by atoms with Gasteiger partial charge >= 0.3 is 0 Å². The van der Waals surface area contributed by atoms with Gasteiger partial charge in [0, 0.05) is 13.7 Å². The number of halogens is 1. The fraction of sp³-hybridized carbons (Fsp3) is 0.316. The van der Waals surface area contributed by atoms with E-state index in [0.29, 0.717) is 22.6 Å². The van der Waals surface area contributed by atoms with Crippen molar-refractivity contribution in [3.63, 3.8) is 0 Å². The highest BCUT2D eigenvalue weighted by molar-refractivity contribution is 5.98. The Kier molecular flexibility index (Phi) is 6.80. The van der Waals surface area contributed by atoms with Crippen LogP contribution in [-0.2, 0) is 4.74 Å². The summed E-state index contributed by atoms with van der Waals surface area (Å²) in [6.45, 7) is 0.163. The summed E-state index contributed by atoms with van der Waals surface area (Å²) in [6.07, 6.45) is -0.485. The standard InChI is InChI=1S/C19H22FNO5/c1-23-15-9-8-14(17(25-3)18(15)26-4)19(22)21-11-16(24-2)12-6-5-7-13(20)10-12/h5-10,16H,11H2,1-4H3,(H,21,22). The van der Waals surface area contributed by atoms with Crippen LogP contribution in [0.25, 0.3) is 0 Å². The van der Waals surface area contributed by atoms with Crippen LogP contribution in [-0.4, -0.2) is 40.9 Å². The van der Waals surface area contributed by atoms with Gasteiger partial charge in [-0.05, 0) is 29.8 Å². The number of carbonyl (C=O) groups is 1. The van der Waals surface area contributed by atoms with E-state index in [1.807, 2.05) is 0 Å². The van der Waals surface area contributed by atoms with Crippen molar-refractivity contribution in [1.82, 2.24) is 5.32 Å². The summed E-state index contributed by atoms with van der Waals surface area (Å²) in [7, 11) is 5.91. The van der Waals surface area contributed by atoms with Crippen LogP contribution >= 0.6 is 0 Å². The fourth-order valence-corrected chi connectivity index (χ4v) is 2.60. The van der Waals surface area contributed by atoms with Crippen LogP contribution < -0.4 is 19.5 Å². The van der Waals surface area contributed by atoms with Crippen molar-refractivity contribution >= 4 is 5.91 Å². The van der Waals surface area contributed by atoms with E-state index in [-0.39, 0.29) is 24.0 Å². The molecule has 140 valence electrons. The lowest BCUT2D eigenvalue weighted by Crippen LogP contribution is -2.29.